The topological polar surface area (TPSA) is 33.1 Å². The van der Waals surface area contributed by atoms with Crippen molar-refractivity contribution in [3.05, 3.63) is 59.2 Å². The Bertz CT molecular complexity index is 710. The quantitative estimate of drug-likeness (QED) is 0.724. The molecule has 2 nitrogen and oxygen atoms in total. The molecule has 0 saturated carbocycles. The van der Waals surface area contributed by atoms with Gasteiger partial charge in [0.15, 0.2) is 0 Å². The van der Waals surface area contributed by atoms with Crippen LogP contribution in [0.2, 0.25) is 0 Å². The summed E-state index contributed by atoms with van der Waals surface area (Å²) in [7, 11) is 0. The zero-order valence-electron chi connectivity index (χ0n) is 9.47. The average molecular weight is 300 g/mol. The highest BCUT2D eigenvalue weighted by Crippen LogP contribution is 2.35. The number of benzene rings is 2. The molecule has 0 radical (unpaired) electrons. The molecular weight excluding hydrogens is 290 g/mol. The summed E-state index contributed by atoms with van der Waals surface area (Å²) in [5.41, 5.74) is 2.50. The molecule has 0 aliphatic heterocycles. The number of fused-ring (bicyclic) bond motifs is 1. The third kappa shape index (κ3) is 1.87. The molecule has 0 amide bonds. The first kappa shape index (κ1) is 11.2. The van der Waals surface area contributed by atoms with Crippen molar-refractivity contribution in [2.75, 3.05) is 0 Å². The largest absolute Gasteiger partial charge is 0.507 e. The van der Waals surface area contributed by atoms with Crippen molar-refractivity contribution >= 4 is 26.8 Å². The third-order valence-corrected chi connectivity index (χ3v) is 3.38. The summed E-state index contributed by atoms with van der Waals surface area (Å²) < 4.78 is 0.928. The van der Waals surface area contributed by atoms with E-state index >= 15 is 0 Å². The van der Waals surface area contributed by atoms with E-state index < -0.39 is 0 Å². The fourth-order valence-electron chi connectivity index (χ4n) is 1.98. The van der Waals surface area contributed by atoms with Gasteiger partial charge in [0.1, 0.15) is 5.75 Å². The minimum Gasteiger partial charge on any atom is -0.507 e. The summed E-state index contributed by atoms with van der Waals surface area (Å²) >= 11 is 3.41. The Hall–Kier alpha value is -1.87. The normalized spacial score (nSPS) is 10.7. The molecule has 1 heterocycles. The molecule has 0 bridgehead atoms. The maximum Gasteiger partial charge on any atom is 0.134 e. The number of aromatic hydroxyl groups is 1. The highest BCUT2D eigenvalue weighted by Gasteiger charge is 2.09. The van der Waals surface area contributed by atoms with Crippen LogP contribution in [0.1, 0.15) is 0 Å². The van der Waals surface area contributed by atoms with Gasteiger partial charge < -0.3 is 5.11 Å². The van der Waals surface area contributed by atoms with Gasteiger partial charge in [-0.3, -0.25) is 4.98 Å². The Labute approximate surface area is 113 Å². The average Bonchev–Trinajstić information content (AvgIpc) is 2.41. The Morgan fingerprint density at radius 2 is 1.78 bits per heavy atom. The number of hydrogen-bond donors (Lipinski definition) is 1. The van der Waals surface area contributed by atoms with E-state index in [0.717, 1.165) is 26.5 Å². The molecule has 1 aromatic heterocycles. The summed E-state index contributed by atoms with van der Waals surface area (Å²) in [6, 6.07) is 15.4. The predicted octanol–water partition coefficient (Wildman–Crippen LogP) is 4.37. The number of nitrogens with zero attached hydrogens (tertiary/aromatic N) is 1. The number of rotatable bonds is 1. The molecule has 0 aliphatic carbocycles. The first-order chi connectivity index (χ1) is 8.75. The van der Waals surface area contributed by atoms with Crippen LogP contribution >= 0.6 is 15.9 Å². The second-order valence-corrected chi connectivity index (χ2v) is 4.96. The van der Waals surface area contributed by atoms with Gasteiger partial charge in [-0.15, -0.1) is 0 Å². The maximum atomic E-state index is 10.4. The van der Waals surface area contributed by atoms with Gasteiger partial charge in [0.2, 0.25) is 0 Å². The van der Waals surface area contributed by atoms with Crippen molar-refractivity contribution in [1.29, 1.82) is 0 Å². The van der Waals surface area contributed by atoms with E-state index in [1.54, 1.807) is 6.20 Å². The molecule has 3 aromatic rings. The summed E-state index contributed by atoms with van der Waals surface area (Å²) in [5, 5.41) is 11.1. The lowest BCUT2D eigenvalue weighted by Crippen LogP contribution is -1.85. The van der Waals surface area contributed by atoms with Crippen LogP contribution in [0.25, 0.3) is 22.0 Å². The standard InChI is InChI=1S/C15H10BrNO/c16-11-6-7-14-12(8-11)15(18)13(9-17-14)10-4-2-1-3-5-10/h1-9H,(H,17,18). The smallest absolute Gasteiger partial charge is 0.134 e. The molecule has 0 fully saturated rings. The minimum absolute atomic E-state index is 0.271. The zero-order chi connectivity index (χ0) is 12.5. The lowest BCUT2D eigenvalue weighted by Gasteiger charge is -2.07. The molecule has 3 heteroatoms. The Morgan fingerprint density at radius 3 is 2.56 bits per heavy atom. The lowest BCUT2D eigenvalue weighted by molar-refractivity contribution is 0.483. The minimum atomic E-state index is 0.271. The van der Waals surface area contributed by atoms with Gasteiger partial charge in [-0.25, -0.2) is 0 Å². The molecule has 1 N–H and O–H groups in total. The maximum absolute atomic E-state index is 10.4. The zero-order valence-corrected chi connectivity index (χ0v) is 11.1. The first-order valence-corrected chi connectivity index (χ1v) is 6.37. The Kier molecular flexibility index (Phi) is 2.76. The second kappa shape index (κ2) is 4.42. The van der Waals surface area contributed by atoms with Gasteiger partial charge >= 0.3 is 0 Å². The van der Waals surface area contributed by atoms with Crippen molar-refractivity contribution in [3.63, 3.8) is 0 Å². The van der Waals surface area contributed by atoms with Crippen molar-refractivity contribution < 1.29 is 5.11 Å². The molecule has 0 atom stereocenters. The summed E-state index contributed by atoms with van der Waals surface area (Å²) in [6.07, 6.45) is 1.71. The molecule has 2 aromatic carbocycles. The second-order valence-electron chi connectivity index (χ2n) is 4.05. The van der Waals surface area contributed by atoms with Crippen LogP contribution in [0.3, 0.4) is 0 Å². The lowest BCUT2D eigenvalue weighted by atomic mass is 10.0. The van der Waals surface area contributed by atoms with Crippen LogP contribution in [0.15, 0.2) is 59.2 Å². The number of halogens is 1. The number of pyridine rings is 1. The van der Waals surface area contributed by atoms with Gasteiger partial charge in [-0.1, -0.05) is 46.3 Å². The van der Waals surface area contributed by atoms with Crippen LogP contribution in [0.4, 0.5) is 0 Å². The van der Waals surface area contributed by atoms with Crippen LogP contribution < -0.4 is 0 Å². The molecule has 0 saturated heterocycles. The van der Waals surface area contributed by atoms with Crippen LogP contribution in [-0.2, 0) is 0 Å². The summed E-state index contributed by atoms with van der Waals surface area (Å²) in [6.45, 7) is 0. The van der Waals surface area contributed by atoms with Crippen LogP contribution in [0, 0.1) is 0 Å². The van der Waals surface area contributed by atoms with Crippen LogP contribution in [0.5, 0.6) is 5.75 Å². The van der Waals surface area contributed by atoms with Crippen molar-refractivity contribution in [3.8, 4) is 16.9 Å². The van der Waals surface area contributed by atoms with Gasteiger partial charge in [0.25, 0.3) is 0 Å². The van der Waals surface area contributed by atoms with Gasteiger partial charge in [-0.2, -0.15) is 0 Å². The molecular formula is C15H10BrNO. The highest BCUT2D eigenvalue weighted by molar-refractivity contribution is 9.10. The molecule has 0 unspecified atom stereocenters. The van der Waals surface area contributed by atoms with E-state index in [4.69, 9.17) is 0 Å². The Morgan fingerprint density at radius 1 is 1.00 bits per heavy atom. The SMILES string of the molecule is Oc1c(-c2ccccc2)cnc2ccc(Br)cc12. The van der Waals surface area contributed by atoms with Crippen molar-refractivity contribution in [1.82, 2.24) is 4.98 Å². The van der Waals surface area contributed by atoms with Crippen LogP contribution in [-0.4, -0.2) is 10.1 Å². The van der Waals surface area contributed by atoms with E-state index in [1.807, 2.05) is 48.5 Å². The number of aromatic nitrogens is 1. The Balaban J connectivity index is 2.29. The third-order valence-electron chi connectivity index (χ3n) is 2.89. The molecule has 3 rings (SSSR count). The summed E-state index contributed by atoms with van der Waals surface area (Å²) in [4.78, 5) is 4.38. The van der Waals surface area contributed by atoms with Gasteiger partial charge in [0, 0.05) is 21.6 Å². The monoisotopic (exact) mass is 299 g/mol. The van der Waals surface area contributed by atoms with Gasteiger partial charge in [-0.05, 0) is 23.8 Å². The molecule has 18 heavy (non-hydrogen) atoms. The fourth-order valence-corrected chi connectivity index (χ4v) is 2.34. The fraction of sp³-hybridized carbons (Fsp3) is 0. The summed E-state index contributed by atoms with van der Waals surface area (Å²) in [5.74, 6) is 0.271. The van der Waals surface area contributed by atoms with Gasteiger partial charge in [0.05, 0.1) is 5.52 Å². The highest BCUT2D eigenvalue weighted by atomic mass is 79.9. The van der Waals surface area contributed by atoms with E-state index in [0.29, 0.717) is 0 Å². The molecule has 88 valence electrons. The first-order valence-electron chi connectivity index (χ1n) is 5.58. The van der Waals surface area contributed by atoms with Crippen molar-refractivity contribution in [2.45, 2.75) is 0 Å². The van der Waals surface area contributed by atoms with E-state index in [-0.39, 0.29) is 5.75 Å². The molecule has 0 spiro atoms. The van der Waals surface area contributed by atoms with E-state index in [2.05, 4.69) is 20.9 Å². The van der Waals surface area contributed by atoms with Crippen molar-refractivity contribution in [2.24, 2.45) is 0 Å². The molecule has 0 aliphatic rings. The van der Waals surface area contributed by atoms with E-state index in [9.17, 15) is 5.11 Å². The van der Waals surface area contributed by atoms with E-state index in [1.165, 1.54) is 0 Å². The number of hydrogen-bond acceptors (Lipinski definition) is 2. The predicted molar refractivity (Wildman–Crippen MR) is 76.5 cm³/mol.